The minimum Gasteiger partial charge on any atom is -0.481 e. The van der Waals surface area contributed by atoms with E-state index < -0.39 is 12.1 Å². The van der Waals surface area contributed by atoms with Crippen LogP contribution >= 0.6 is 0 Å². The molecule has 2 saturated carbocycles. The maximum absolute atomic E-state index is 13.7. The van der Waals surface area contributed by atoms with Crippen LogP contribution in [0.3, 0.4) is 0 Å². The highest BCUT2D eigenvalue weighted by molar-refractivity contribution is 6.04. The predicted octanol–water partition coefficient (Wildman–Crippen LogP) is 7.48. The molecule has 296 valence electrons. The molecule has 3 fully saturated rings. The first-order chi connectivity index (χ1) is 27.7. The smallest absolute Gasteiger partial charge is 0.407 e. The van der Waals surface area contributed by atoms with Gasteiger partial charge in [0.25, 0.3) is 0 Å². The molecule has 4 heterocycles. The number of carbonyl (C=O) groups is 3. The van der Waals surface area contributed by atoms with Crippen LogP contribution in [0.1, 0.15) is 75.5 Å². The summed E-state index contributed by atoms with van der Waals surface area (Å²) in [6.07, 6.45) is 11.6. The zero-order valence-electron chi connectivity index (χ0n) is 33.2. The lowest BCUT2D eigenvalue weighted by atomic mass is 9.75. The number of nitrogens with zero attached hydrogens (tertiary/aromatic N) is 4. The number of hydrogen-bond donors (Lipinski definition) is 2. The third-order valence-electron chi connectivity index (χ3n) is 12.8. The van der Waals surface area contributed by atoms with Gasteiger partial charge in [0.1, 0.15) is 6.04 Å². The number of nitrogens with one attached hydrogen (secondary N) is 2. The van der Waals surface area contributed by atoms with Crippen molar-refractivity contribution in [1.82, 2.24) is 20.5 Å². The number of carbonyl (C=O) groups excluding carboxylic acids is 3. The Bertz CT molecular complexity index is 2140. The van der Waals surface area contributed by atoms with E-state index in [1.165, 1.54) is 19.1 Å². The SMILES string of the molecule is COC(=O)N[C@H](C(=O)N1CCC[C@H]1C1=NC=C(c2ccc(-c3ccc(C4=CN=C(C5C6CCC(C6)[C@H]5C(=O)NCc5cccnc5OC)C4)cc3)cc2)C1)C(C)C. The highest BCUT2D eigenvalue weighted by atomic mass is 16.5. The summed E-state index contributed by atoms with van der Waals surface area (Å²) in [6.45, 7) is 4.90. The summed E-state index contributed by atoms with van der Waals surface area (Å²) < 4.78 is 10.2. The van der Waals surface area contributed by atoms with Gasteiger partial charge in [0.2, 0.25) is 17.7 Å². The van der Waals surface area contributed by atoms with Crippen molar-refractivity contribution in [2.24, 2.45) is 39.6 Å². The van der Waals surface area contributed by atoms with Crippen molar-refractivity contribution in [2.45, 2.75) is 77.4 Å². The first-order valence-electron chi connectivity index (χ1n) is 20.3. The summed E-state index contributed by atoms with van der Waals surface area (Å²) in [5.74, 6) is 1.53. The molecule has 0 radical (unpaired) electrons. The second-order valence-electron chi connectivity index (χ2n) is 16.4. The predicted molar refractivity (Wildman–Crippen MR) is 221 cm³/mol. The number of hydrogen-bond acceptors (Lipinski definition) is 8. The Morgan fingerprint density at radius 2 is 1.46 bits per heavy atom. The van der Waals surface area contributed by atoms with E-state index >= 15 is 0 Å². The van der Waals surface area contributed by atoms with Crippen LogP contribution in [0.5, 0.6) is 5.88 Å². The molecule has 3 unspecified atom stereocenters. The van der Waals surface area contributed by atoms with Crippen LogP contribution in [0.25, 0.3) is 22.3 Å². The number of likely N-dealkylation sites (tertiary alicyclic amines) is 1. The van der Waals surface area contributed by atoms with E-state index in [0.29, 0.717) is 37.2 Å². The number of fused-ring (bicyclic) bond motifs is 2. The third-order valence-corrected chi connectivity index (χ3v) is 12.8. The Labute approximate surface area is 334 Å². The van der Waals surface area contributed by atoms with Gasteiger partial charge in [0.15, 0.2) is 0 Å². The number of benzene rings is 2. The first kappa shape index (κ1) is 38.3. The average Bonchev–Trinajstić information content (AvgIpc) is 4.10. The van der Waals surface area contributed by atoms with Gasteiger partial charge < -0.3 is 25.0 Å². The molecule has 57 heavy (non-hydrogen) atoms. The molecule has 3 aromatic rings. The Kier molecular flexibility index (Phi) is 11.1. The van der Waals surface area contributed by atoms with Crippen molar-refractivity contribution < 1.29 is 23.9 Å². The Hall–Kier alpha value is -5.58. The summed E-state index contributed by atoms with van der Waals surface area (Å²) in [5, 5.41) is 5.93. The quantitative estimate of drug-likeness (QED) is 0.196. The molecule has 2 aliphatic carbocycles. The van der Waals surface area contributed by atoms with E-state index in [1.54, 1.807) is 13.3 Å². The van der Waals surface area contributed by atoms with Crippen LogP contribution in [0.2, 0.25) is 0 Å². The fourth-order valence-corrected chi connectivity index (χ4v) is 9.85. The molecule has 1 saturated heterocycles. The zero-order valence-corrected chi connectivity index (χ0v) is 33.2. The second kappa shape index (κ2) is 16.5. The summed E-state index contributed by atoms with van der Waals surface area (Å²) >= 11 is 0. The molecule has 2 aromatic carbocycles. The number of allylic oxidation sites excluding steroid dienone is 2. The van der Waals surface area contributed by atoms with Crippen LogP contribution in [0.4, 0.5) is 4.79 Å². The van der Waals surface area contributed by atoms with E-state index in [2.05, 4.69) is 64.1 Å². The molecule has 3 aliphatic heterocycles. The number of pyridine rings is 1. The van der Waals surface area contributed by atoms with Crippen molar-refractivity contribution in [3.05, 3.63) is 96.0 Å². The monoisotopic (exact) mass is 768 g/mol. The Morgan fingerprint density at radius 3 is 2.11 bits per heavy atom. The summed E-state index contributed by atoms with van der Waals surface area (Å²) in [7, 11) is 2.91. The molecule has 2 bridgehead atoms. The molecule has 5 aliphatic rings. The minimum atomic E-state index is -0.649. The molecule has 11 nitrogen and oxygen atoms in total. The molecule has 8 rings (SSSR count). The molecule has 11 heteroatoms. The van der Waals surface area contributed by atoms with Gasteiger partial charge in [-0.15, -0.1) is 0 Å². The van der Waals surface area contributed by atoms with E-state index in [-0.39, 0.29) is 35.6 Å². The summed E-state index contributed by atoms with van der Waals surface area (Å²) in [4.78, 5) is 55.2. The first-order valence-corrected chi connectivity index (χ1v) is 20.3. The summed E-state index contributed by atoms with van der Waals surface area (Å²) in [6, 6.07) is 20.4. The normalized spacial score (nSPS) is 24.2. The molecule has 1 aromatic heterocycles. The number of aliphatic imine (C=N–C) groups is 2. The van der Waals surface area contributed by atoms with E-state index in [9.17, 15) is 14.4 Å². The Morgan fingerprint density at radius 1 is 0.825 bits per heavy atom. The van der Waals surface area contributed by atoms with Crippen LogP contribution in [0, 0.1) is 29.6 Å². The van der Waals surface area contributed by atoms with E-state index in [1.807, 2.05) is 43.3 Å². The number of rotatable bonds is 12. The van der Waals surface area contributed by atoms with Gasteiger partial charge >= 0.3 is 6.09 Å². The maximum atomic E-state index is 13.7. The number of alkyl carbamates (subject to hydrolysis) is 1. The third kappa shape index (κ3) is 7.76. The lowest BCUT2D eigenvalue weighted by Gasteiger charge is -2.31. The van der Waals surface area contributed by atoms with Gasteiger partial charge in [-0.2, -0.15) is 0 Å². The molecular weight excluding hydrogens is 717 g/mol. The van der Waals surface area contributed by atoms with Crippen LogP contribution in [-0.2, 0) is 20.9 Å². The summed E-state index contributed by atoms with van der Waals surface area (Å²) in [5.41, 5.74) is 9.88. The molecule has 6 atom stereocenters. The number of methoxy groups -OCH3 is 2. The molecule has 2 N–H and O–H groups in total. The fourth-order valence-electron chi connectivity index (χ4n) is 9.85. The second-order valence-corrected chi connectivity index (χ2v) is 16.4. The van der Waals surface area contributed by atoms with E-state index in [0.717, 1.165) is 76.9 Å². The highest BCUT2D eigenvalue weighted by Crippen LogP contribution is 2.54. The van der Waals surface area contributed by atoms with Crippen LogP contribution in [0.15, 0.2) is 89.2 Å². The van der Waals surface area contributed by atoms with Crippen molar-refractivity contribution in [3.63, 3.8) is 0 Å². The van der Waals surface area contributed by atoms with E-state index in [4.69, 9.17) is 19.5 Å². The fraction of sp³-hybridized carbons (Fsp3) is 0.435. The lowest BCUT2D eigenvalue weighted by molar-refractivity contribution is -0.134. The van der Waals surface area contributed by atoms with Crippen molar-refractivity contribution in [1.29, 1.82) is 0 Å². The molecule has 3 amide bonds. The Balaban J connectivity index is 0.862. The minimum absolute atomic E-state index is 0.0534. The number of ether oxygens (including phenoxy) is 2. The van der Waals surface area contributed by atoms with Crippen molar-refractivity contribution in [3.8, 4) is 17.0 Å². The van der Waals surface area contributed by atoms with Gasteiger partial charge in [-0.05, 0) is 89.3 Å². The standard InChI is InChI=1S/C46H52N6O5/c1-27(2)42(51-46(55)57-4)45(54)52-20-6-8-39(52)37-22-35(25-48-37)30-13-9-28(10-14-30)29-11-15-31(16-12-29)36-23-38(49-26-36)40-32-17-18-33(21-32)41(40)43(53)50-24-34-7-5-19-47-44(34)56-3/h5,7,9-16,19,25-27,32-33,39-42H,6,8,17-18,20-24H2,1-4H3,(H,50,53)(H,51,55)/t32?,33?,39-,40?,41+,42-/m0/s1. The maximum Gasteiger partial charge on any atom is 0.407 e. The van der Waals surface area contributed by atoms with Gasteiger partial charge in [0.05, 0.1) is 20.3 Å². The topological polar surface area (TPSA) is 135 Å². The van der Waals surface area contributed by atoms with Crippen molar-refractivity contribution in [2.75, 3.05) is 20.8 Å². The average molecular weight is 769 g/mol. The van der Waals surface area contributed by atoms with Gasteiger partial charge in [-0.1, -0.05) is 68.4 Å². The van der Waals surface area contributed by atoms with Gasteiger partial charge in [0, 0.05) is 73.4 Å². The van der Waals surface area contributed by atoms with Gasteiger partial charge in [-0.25, -0.2) is 9.78 Å². The number of aromatic nitrogens is 1. The molecule has 0 spiro atoms. The lowest BCUT2D eigenvalue weighted by Crippen LogP contribution is -2.53. The van der Waals surface area contributed by atoms with Crippen molar-refractivity contribution >= 4 is 40.5 Å². The highest BCUT2D eigenvalue weighted by Gasteiger charge is 2.52. The molecular formula is C46H52N6O5. The van der Waals surface area contributed by atoms with Crippen LogP contribution < -0.4 is 15.4 Å². The number of amides is 3. The largest absolute Gasteiger partial charge is 0.481 e. The van der Waals surface area contributed by atoms with Gasteiger partial charge in [-0.3, -0.25) is 19.6 Å². The van der Waals surface area contributed by atoms with Crippen LogP contribution in [-0.4, -0.2) is 72.1 Å². The zero-order chi connectivity index (χ0) is 39.6.